The first-order chi connectivity index (χ1) is 20.5. The summed E-state index contributed by atoms with van der Waals surface area (Å²) < 4.78 is 9.51. The lowest BCUT2D eigenvalue weighted by Gasteiger charge is -2.20. The number of rotatable bonds is 5. The van der Waals surface area contributed by atoms with E-state index in [9.17, 15) is 9.36 Å². The minimum absolute atomic E-state index is 0. The Kier molecular flexibility index (Phi) is 15.1. The maximum atomic E-state index is 12.0. The summed E-state index contributed by atoms with van der Waals surface area (Å²) in [6.07, 6.45) is 1.99. The van der Waals surface area contributed by atoms with Crippen LogP contribution in [0.1, 0.15) is 91.3 Å². The van der Waals surface area contributed by atoms with E-state index in [-0.39, 0.29) is 24.2 Å². The van der Waals surface area contributed by atoms with E-state index < -0.39 is 5.20 Å². The molecule has 45 heavy (non-hydrogen) atoms. The maximum absolute atomic E-state index is 12.0. The summed E-state index contributed by atoms with van der Waals surface area (Å²) in [5, 5.41) is 3.97. The fourth-order valence-corrected chi connectivity index (χ4v) is 6.03. The van der Waals surface area contributed by atoms with Gasteiger partial charge in [0.05, 0.1) is 5.71 Å². The van der Waals surface area contributed by atoms with Gasteiger partial charge in [0.15, 0.2) is 0 Å². The molecule has 0 bridgehead atoms. The lowest BCUT2D eigenvalue weighted by atomic mass is 9.86. The summed E-state index contributed by atoms with van der Waals surface area (Å²) >= 11 is 17.4. The number of fused-ring (bicyclic) bond motifs is 1. The molecule has 0 fully saturated rings. The molecule has 3 heterocycles. The number of carbonyl (C=O) groups excluding carboxylic acids is 1. The molecule has 0 atom stereocenters. The van der Waals surface area contributed by atoms with E-state index in [2.05, 4.69) is 128 Å². The van der Waals surface area contributed by atoms with Gasteiger partial charge in [-0.05, 0) is 97.1 Å². The van der Waals surface area contributed by atoms with Crippen molar-refractivity contribution in [3.63, 3.8) is 0 Å². The molecule has 244 valence electrons. The number of aliphatic imine (C=N–C) groups is 1. The Hall–Kier alpha value is -1.92. The van der Waals surface area contributed by atoms with E-state index in [1.54, 1.807) is 11.3 Å². The molecule has 0 spiro atoms. The molecular weight excluding hydrogens is 682 g/mol. The predicted octanol–water partition coefficient (Wildman–Crippen LogP) is 11.9. The monoisotopic (exact) mass is 724 g/mol. The number of benzene rings is 2. The number of hydrogen-bond donors (Lipinski definition) is 1. The highest BCUT2D eigenvalue weighted by atomic mass is 36.0. The number of carbonyl (C=O) groups is 1. The molecule has 5 rings (SSSR count). The number of hydrogen-bond acceptors (Lipinski definition) is 5. The van der Waals surface area contributed by atoms with E-state index >= 15 is 0 Å². The second-order valence-corrected chi connectivity index (χ2v) is 21.0. The molecular formula is C35H44Cl3N2O2PS2. The summed E-state index contributed by atoms with van der Waals surface area (Å²) in [5.74, 6) is 0.00187. The average Bonchev–Trinajstić information content (AvgIpc) is 3.64. The van der Waals surface area contributed by atoms with Crippen LogP contribution in [-0.4, -0.2) is 24.7 Å². The number of halogens is 3. The molecule has 4 aromatic rings. The third-order valence-electron chi connectivity index (χ3n) is 6.88. The van der Waals surface area contributed by atoms with Gasteiger partial charge < -0.3 is 5.32 Å². The van der Waals surface area contributed by atoms with Crippen molar-refractivity contribution in [3.05, 3.63) is 115 Å². The number of nitrogens with zero attached hydrogens (tertiary/aromatic N) is 1. The van der Waals surface area contributed by atoms with Crippen molar-refractivity contribution in [1.29, 1.82) is 0 Å². The number of nitrogens with one attached hydrogen (secondary N) is 1. The minimum Gasteiger partial charge on any atom is -0.352 e. The lowest BCUT2D eigenvalue weighted by Crippen LogP contribution is -2.25. The summed E-state index contributed by atoms with van der Waals surface area (Å²) in [5.41, 5.74) is 7.42. The summed E-state index contributed by atoms with van der Waals surface area (Å²) in [4.78, 5) is 19.5. The second kappa shape index (κ2) is 17.3. The van der Waals surface area contributed by atoms with Gasteiger partial charge in [-0.2, -0.15) is 0 Å². The van der Waals surface area contributed by atoms with Crippen molar-refractivity contribution in [2.45, 2.75) is 72.6 Å². The Morgan fingerprint density at radius 2 is 1.40 bits per heavy atom. The van der Waals surface area contributed by atoms with E-state index in [0.29, 0.717) is 6.54 Å². The van der Waals surface area contributed by atoms with Crippen molar-refractivity contribution in [2.75, 3.05) is 13.1 Å². The van der Waals surface area contributed by atoms with Gasteiger partial charge in [0.25, 0.3) is 5.91 Å². The Morgan fingerprint density at radius 1 is 0.844 bits per heavy atom. The highest BCUT2D eigenvalue weighted by Gasteiger charge is 2.18. The summed E-state index contributed by atoms with van der Waals surface area (Å²) in [6.45, 7) is 14.9. The Labute approximate surface area is 292 Å². The van der Waals surface area contributed by atoms with Crippen molar-refractivity contribution in [3.8, 4) is 0 Å². The second-order valence-electron chi connectivity index (χ2n) is 12.4. The lowest BCUT2D eigenvalue weighted by molar-refractivity contribution is 0.0954. The zero-order chi connectivity index (χ0) is 32.5. The smallest absolute Gasteiger partial charge is 0.339 e. The van der Waals surface area contributed by atoms with Gasteiger partial charge in [0.1, 0.15) is 0 Å². The minimum atomic E-state index is -3.22. The van der Waals surface area contributed by atoms with Crippen molar-refractivity contribution < 1.29 is 9.36 Å². The van der Waals surface area contributed by atoms with Crippen LogP contribution in [0.3, 0.4) is 0 Å². The van der Waals surface area contributed by atoms with Gasteiger partial charge in [-0.3, -0.25) is 14.4 Å². The maximum Gasteiger partial charge on any atom is 0.339 e. The van der Waals surface area contributed by atoms with Crippen molar-refractivity contribution >= 4 is 73.2 Å². The van der Waals surface area contributed by atoms with Gasteiger partial charge in [0, 0.05) is 46.0 Å². The SMILES string of the molecule is C.CC(C)(C)c1ccc(C(=O)NCCc2cccs2)cc1.CC(C)(C)c1ccc(C2=NCCc3sccc32)cc1.O=P(Cl)(Cl)Cl. The molecule has 4 nitrogen and oxygen atoms in total. The number of thiophene rings is 2. The predicted molar refractivity (Wildman–Crippen MR) is 201 cm³/mol. The molecule has 0 saturated carbocycles. The molecule has 1 aliphatic heterocycles. The Morgan fingerprint density at radius 3 is 1.91 bits per heavy atom. The van der Waals surface area contributed by atoms with E-state index in [1.807, 2.05) is 41.7 Å². The molecule has 0 unspecified atom stereocenters. The molecule has 0 saturated heterocycles. The third-order valence-corrected chi connectivity index (χ3v) is 8.80. The molecule has 1 N–H and O–H groups in total. The van der Waals surface area contributed by atoms with Crippen LogP contribution in [0.15, 0.2) is 82.5 Å². The van der Waals surface area contributed by atoms with Crippen LogP contribution in [0.4, 0.5) is 0 Å². The first-order valence-electron chi connectivity index (χ1n) is 14.3. The van der Waals surface area contributed by atoms with Crippen LogP contribution < -0.4 is 5.32 Å². The molecule has 1 amide bonds. The summed E-state index contributed by atoms with van der Waals surface area (Å²) in [7, 11) is 0. The van der Waals surface area contributed by atoms with Crippen LogP contribution in [0.5, 0.6) is 0 Å². The molecule has 0 aliphatic carbocycles. The fraction of sp³-hybridized carbons (Fsp3) is 0.371. The molecule has 10 heteroatoms. The van der Waals surface area contributed by atoms with Crippen molar-refractivity contribution in [1.82, 2.24) is 5.32 Å². The molecule has 1 aliphatic rings. The average molecular weight is 726 g/mol. The summed E-state index contributed by atoms with van der Waals surface area (Å²) in [6, 6.07) is 23.1. The normalized spacial score (nSPS) is 12.7. The first kappa shape index (κ1) is 39.3. The van der Waals surface area contributed by atoms with E-state index in [0.717, 1.165) is 24.9 Å². The zero-order valence-corrected chi connectivity index (χ0v) is 30.8. The quantitative estimate of drug-likeness (QED) is 0.208. The number of amides is 1. The highest BCUT2D eigenvalue weighted by molar-refractivity contribution is 8.24. The van der Waals surface area contributed by atoms with Crippen molar-refractivity contribution in [2.24, 2.45) is 4.99 Å². The molecule has 2 aromatic carbocycles. The van der Waals surface area contributed by atoms with Gasteiger partial charge >= 0.3 is 5.20 Å². The topological polar surface area (TPSA) is 58.5 Å². The van der Waals surface area contributed by atoms with Crippen LogP contribution in [-0.2, 0) is 28.2 Å². The van der Waals surface area contributed by atoms with Gasteiger partial charge in [-0.25, -0.2) is 0 Å². The van der Waals surface area contributed by atoms with Crippen LogP contribution >= 0.6 is 61.6 Å². The van der Waals surface area contributed by atoms with Gasteiger partial charge in [-0.15, -0.1) is 22.7 Å². The van der Waals surface area contributed by atoms with Crippen LogP contribution in [0, 0.1) is 0 Å². The molecule has 0 radical (unpaired) electrons. The van der Waals surface area contributed by atoms with Gasteiger partial charge in [0.2, 0.25) is 0 Å². The van der Waals surface area contributed by atoms with E-state index in [1.165, 1.54) is 37.7 Å². The standard InChI is InChI=1S/C17H21NOS.C17H19NS.CH4.Cl3OP/c1-17(2,3)14-8-6-13(7-9-14)16(19)18-11-10-15-5-4-12-20-15;1-17(2,3)13-6-4-12(5-7-13)16-14-9-11-19-15(14)8-10-18-16;;1-5(2,3)4/h4-9,12H,10-11H2,1-3H3,(H,18,19);4-7,9,11H,8,10H2,1-3H3;1H4;. The Balaban J connectivity index is 0.000000268. The first-order valence-corrected chi connectivity index (χ1v) is 20.5. The Bertz CT molecular complexity index is 1550. The fourth-order valence-electron chi connectivity index (χ4n) is 4.45. The van der Waals surface area contributed by atoms with E-state index in [4.69, 9.17) is 4.99 Å². The third kappa shape index (κ3) is 13.4. The van der Waals surface area contributed by atoms with Gasteiger partial charge in [-0.1, -0.05) is 91.4 Å². The highest BCUT2D eigenvalue weighted by Crippen LogP contribution is 2.61. The zero-order valence-electron chi connectivity index (χ0n) is 26.0. The largest absolute Gasteiger partial charge is 0.352 e. The van der Waals surface area contributed by atoms with Crippen LogP contribution in [0.2, 0.25) is 0 Å². The van der Waals surface area contributed by atoms with Crippen LogP contribution in [0.25, 0.3) is 0 Å². The molecule has 2 aromatic heterocycles.